The summed E-state index contributed by atoms with van der Waals surface area (Å²) in [6, 6.07) is 0.0677. The fourth-order valence-corrected chi connectivity index (χ4v) is 3.37. The number of rotatable bonds is 7. The van der Waals surface area contributed by atoms with Gasteiger partial charge in [-0.25, -0.2) is 0 Å². The number of hydrogen-bond donors (Lipinski definition) is 1. The van der Waals surface area contributed by atoms with Gasteiger partial charge in [-0.05, 0) is 35.4 Å². The van der Waals surface area contributed by atoms with Crippen LogP contribution in [0.3, 0.4) is 0 Å². The molecule has 2 aromatic rings. The summed E-state index contributed by atoms with van der Waals surface area (Å²) in [6.45, 7) is 6.40. The van der Waals surface area contributed by atoms with Crippen LogP contribution in [0.4, 0.5) is 0 Å². The van der Waals surface area contributed by atoms with Crippen LogP contribution in [0.5, 0.6) is 0 Å². The van der Waals surface area contributed by atoms with Crippen molar-refractivity contribution in [2.75, 3.05) is 20.3 Å². The Kier molecular flexibility index (Phi) is 5.60. The second kappa shape index (κ2) is 7.22. The Hall–Kier alpha value is -0.880. The summed E-state index contributed by atoms with van der Waals surface area (Å²) in [4.78, 5) is 0. The molecule has 0 amide bonds. The van der Waals surface area contributed by atoms with E-state index in [-0.39, 0.29) is 6.04 Å². The highest BCUT2D eigenvalue weighted by Crippen LogP contribution is 2.31. The van der Waals surface area contributed by atoms with Crippen molar-refractivity contribution < 1.29 is 4.74 Å². The maximum Gasteiger partial charge on any atom is 0.0837 e. The zero-order chi connectivity index (χ0) is 14.5. The summed E-state index contributed by atoms with van der Waals surface area (Å²) >= 11 is 8.07. The predicted molar refractivity (Wildman–Crippen MR) is 83.7 cm³/mol. The van der Waals surface area contributed by atoms with E-state index in [4.69, 9.17) is 16.3 Å². The summed E-state index contributed by atoms with van der Waals surface area (Å²) in [5.41, 5.74) is 3.54. The molecule has 0 aromatic carbocycles. The van der Waals surface area contributed by atoms with Gasteiger partial charge in [-0.15, -0.1) is 0 Å². The second-order valence-corrected chi connectivity index (χ2v) is 5.75. The Labute approximate surface area is 128 Å². The van der Waals surface area contributed by atoms with Crippen LogP contribution >= 0.6 is 22.9 Å². The molecule has 0 aliphatic heterocycles. The monoisotopic (exact) mass is 313 g/mol. The standard InChI is InChI=1S/C14H20ClN3OS/c1-4-16-13(11-9-20-8-10(11)2)14-12(15)7-17-18(14)5-6-19-3/h7-9,13,16H,4-6H2,1-3H3. The molecule has 20 heavy (non-hydrogen) atoms. The first-order chi connectivity index (χ1) is 9.69. The number of ether oxygens (including phenoxy) is 1. The summed E-state index contributed by atoms with van der Waals surface area (Å²) < 4.78 is 7.07. The molecule has 0 saturated heterocycles. The maximum absolute atomic E-state index is 6.36. The summed E-state index contributed by atoms with van der Waals surface area (Å²) in [5, 5.41) is 12.9. The lowest BCUT2D eigenvalue weighted by atomic mass is 10.0. The average Bonchev–Trinajstić information content (AvgIpc) is 3.01. The number of nitrogens with one attached hydrogen (secondary N) is 1. The first-order valence-electron chi connectivity index (χ1n) is 6.65. The maximum atomic E-state index is 6.36. The summed E-state index contributed by atoms with van der Waals surface area (Å²) in [7, 11) is 1.69. The van der Waals surface area contributed by atoms with Gasteiger partial charge >= 0.3 is 0 Å². The molecule has 0 spiro atoms. The van der Waals surface area contributed by atoms with Crippen molar-refractivity contribution in [1.82, 2.24) is 15.1 Å². The smallest absolute Gasteiger partial charge is 0.0837 e. The zero-order valence-corrected chi connectivity index (χ0v) is 13.6. The van der Waals surface area contributed by atoms with E-state index in [0.29, 0.717) is 18.2 Å². The third kappa shape index (κ3) is 3.23. The first-order valence-corrected chi connectivity index (χ1v) is 7.97. The van der Waals surface area contributed by atoms with Gasteiger partial charge in [-0.1, -0.05) is 18.5 Å². The van der Waals surface area contributed by atoms with E-state index in [1.807, 2.05) is 4.68 Å². The van der Waals surface area contributed by atoms with Gasteiger partial charge in [0.1, 0.15) is 0 Å². The number of halogens is 1. The average molecular weight is 314 g/mol. The molecule has 2 aromatic heterocycles. The number of aryl methyl sites for hydroxylation is 1. The van der Waals surface area contributed by atoms with Crippen LogP contribution in [0, 0.1) is 6.92 Å². The molecule has 0 saturated carbocycles. The molecular weight excluding hydrogens is 294 g/mol. The van der Waals surface area contributed by atoms with E-state index in [1.165, 1.54) is 11.1 Å². The fraction of sp³-hybridized carbons (Fsp3) is 0.500. The minimum absolute atomic E-state index is 0.0677. The third-order valence-corrected chi connectivity index (χ3v) is 4.40. The van der Waals surface area contributed by atoms with Crippen LogP contribution in [0.15, 0.2) is 17.0 Å². The van der Waals surface area contributed by atoms with Crippen LogP contribution in [0.25, 0.3) is 0 Å². The Bertz CT molecular complexity index is 552. The number of aromatic nitrogens is 2. The predicted octanol–water partition coefficient (Wildman–Crippen LogP) is 3.25. The van der Waals surface area contributed by atoms with Gasteiger partial charge in [0, 0.05) is 7.11 Å². The molecule has 1 unspecified atom stereocenters. The Morgan fingerprint density at radius 2 is 2.30 bits per heavy atom. The van der Waals surface area contributed by atoms with Crippen molar-refractivity contribution in [1.29, 1.82) is 0 Å². The molecule has 0 bridgehead atoms. The number of methoxy groups -OCH3 is 1. The molecule has 110 valence electrons. The van der Waals surface area contributed by atoms with Crippen LogP contribution in [-0.4, -0.2) is 30.0 Å². The Morgan fingerprint density at radius 3 is 2.90 bits per heavy atom. The second-order valence-electron chi connectivity index (χ2n) is 4.59. The lowest BCUT2D eigenvalue weighted by Gasteiger charge is -2.20. The van der Waals surface area contributed by atoms with E-state index < -0.39 is 0 Å². The highest BCUT2D eigenvalue weighted by Gasteiger charge is 2.23. The van der Waals surface area contributed by atoms with Crippen LogP contribution in [0.1, 0.15) is 29.8 Å². The molecule has 0 fully saturated rings. The molecule has 0 aliphatic rings. The van der Waals surface area contributed by atoms with Gasteiger partial charge < -0.3 is 10.1 Å². The van der Waals surface area contributed by atoms with E-state index in [2.05, 4.69) is 35.0 Å². The number of nitrogens with zero attached hydrogens (tertiary/aromatic N) is 2. The summed E-state index contributed by atoms with van der Waals surface area (Å²) in [5.74, 6) is 0. The van der Waals surface area contributed by atoms with Crippen LogP contribution in [0.2, 0.25) is 5.02 Å². The van der Waals surface area contributed by atoms with E-state index in [1.54, 1.807) is 24.6 Å². The van der Waals surface area contributed by atoms with E-state index in [9.17, 15) is 0 Å². The zero-order valence-electron chi connectivity index (χ0n) is 12.0. The number of hydrogen-bond acceptors (Lipinski definition) is 4. The normalized spacial score (nSPS) is 12.8. The van der Waals surface area contributed by atoms with Crippen molar-refractivity contribution in [3.05, 3.63) is 38.8 Å². The van der Waals surface area contributed by atoms with Gasteiger partial charge in [-0.2, -0.15) is 16.4 Å². The topological polar surface area (TPSA) is 39.1 Å². The fourth-order valence-electron chi connectivity index (χ4n) is 2.24. The molecule has 1 atom stereocenters. The minimum atomic E-state index is 0.0677. The summed E-state index contributed by atoms with van der Waals surface area (Å²) in [6.07, 6.45) is 1.71. The molecule has 4 nitrogen and oxygen atoms in total. The molecule has 2 rings (SSSR count). The van der Waals surface area contributed by atoms with Gasteiger partial charge in [0.2, 0.25) is 0 Å². The Balaban J connectivity index is 2.39. The number of thiophene rings is 1. The van der Waals surface area contributed by atoms with Crippen molar-refractivity contribution in [2.45, 2.75) is 26.4 Å². The highest BCUT2D eigenvalue weighted by molar-refractivity contribution is 7.08. The molecule has 2 heterocycles. The van der Waals surface area contributed by atoms with Crippen molar-refractivity contribution >= 4 is 22.9 Å². The van der Waals surface area contributed by atoms with Crippen molar-refractivity contribution in [3.8, 4) is 0 Å². The molecule has 6 heteroatoms. The van der Waals surface area contributed by atoms with Crippen LogP contribution in [-0.2, 0) is 11.3 Å². The van der Waals surface area contributed by atoms with Crippen LogP contribution < -0.4 is 5.32 Å². The van der Waals surface area contributed by atoms with Crippen molar-refractivity contribution in [3.63, 3.8) is 0 Å². The minimum Gasteiger partial charge on any atom is -0.383 e. The van der Waals surface area contributed by atoms with E-state index >= 15 is 0 Å². The van der Waals surface area contributed by atoms with Gasteiger partial charge in [0.25, 0.3) is 0 Å². The third-order valence-electron chi connectivity index (χ3n) is 3.23. The first kappa shape index (κ1) is 15.5. The largest absolute Gasteiger partial charge is 0.383 e. The van der Waals surface area contributed by atoms with Crippen molar-refractivity contribution in [2.24, 2.45) is 0 Å². The molecular formula is C14H20ClN3OS. The highest BCUT2D eigenvalue weighted by atomic mass is 35.5. The van der Waals surface area contributed by atoms with Gasteiger partial charge in [0.15, 0.2) is 0 Å². The SMILES string of the molecule is CCNC(c1cscc1C)c1c(Cl)cnn1CCOC. The molecule has 1 N–H and O–H groups in total. The Morgan fingerprint density at radius 1 is 1.50 bits per heavy atom. The molecule has 0 radical (unpaired) electrons. The van der Waals surface area contributed by atoms with Gasteiger partial charge in [-0.3, -0.25) is 4.68 Å². The molecule has 0 aliphatic carbocycles. The van der Waals surface area contributed by atoms with Gasteiger partial charge in [0.05, 0.1) is 36.1 Å². The lowest BCUT2D eigenvalue weighted by molar-refractivity contribution is 0.182. The quantitative estimate of drug-likeness (QED) is 0.853. The van der Waals surface area contributed by atoms with E-state index in [0.717, 1.165) is 12.2 Å². The lowest BCUT2D eigenvalue weighted by Crippen LogP contribution is -2.26.